The van der Waals surface area contributed by atoms with Crippen molar-refractivity contribution in [3.63, 3.8) is 0 Å². The van der Waals surface area contributed by atoms with Crippen molar-refractivity contribution in [2.24, 2.45) is 0 Å². The molecule has 0 radical (unpaired) electrons. The fourth-order valence-electron chi connectivity index (χ4n) is 0.654. The minimum absolute atomic E-state index is 0.0456. The summed E-state index contributed by atoms with van der Waals surface area (Å²) >= 11 is 8.63. The highest BCUT2D eigenvalue weighted by molar-refractivity contribution is 9.10. The van der Waals surface area contributed by atoms with Gasteiger partial charge >= 0.3 is 0 Å². The fraction of sp³-hybridized carbons (Fsp3) is 0.167. The lowest BCUT2D eigenvalue weighted by Gasteiger charge is -1.97. The predicted octanol–water partition coefficient (Wildman–Crippen LogP) is 2.49. The molecule has 0 unspecified atom stereocenters. The van der Waals surface area contributed by atoms with Gasteiger partial charge < -0.3 is 0 Å². The van der Waals surface area contributed by atoms with Gasteiger partial charge in [0.2, 0.25) is 0 Å². The Balaban J connectivity index is 3.10. The number of halogens is 2. The molecule has 0 aliphatic carbocycles. The molecule has 1 rings (SSSR count). The Morgan fingerprint density at radius 3 is 2.83 bits per heavy atom. The van der Waals surface area contributed by atoms with Crippen LogP contribution in [0.15, 0.2) is 16.7 Å². The lowest BCUT2D eigenvalue weighted by Crippen LogP contribution is -1.92. The van der Waals surface area contributed by atoms with Gasteiger partial charge in [-0.1, -0.05) is 0 Å². The summed E-state index contributed by atoms with van der Waals surface area (Å²) in [7, 11) is 0. The molecule has 0 aliphatic rings. The lowest BCUT2D eigenvalue weighted by molar-refractivity contribution is -0.385. The number of hydrogen-bond donors (Lipinski definition) is 0. The van der Waals surface area contributed by atoms with Crippen molar-refractivity contribution >= 4 is 33.2 Å². The number of nitro groups is 1. The van der Waals surface area contributed by atoms with Gasteiger partial charge in [-0.3, -0.25) is 15.1 Å². The largest absolute Gasteiger partial charge is 0.288 e. The molecule has 64 valence electrons. The van der Waals surface area contributed by atoms with Gasteiger partial charge in [0.05, 0.1) is 16.5 Å². The minimum atomic E-state index is -0.504. The van der Waals surface area contributed by atoms with Crippen molar-refractivity contribution in [3.05, 3.63) is 32.5 Å². The van der Waals surface area contributed by atoms with Gasteiger partial charge in [-0.25, -0.2) is 0 Å². The van der Waals surface area contributed by atoms with Crippen LogP contribution in [0.3, 0.4) is 0 Å². The molecule has 6 heteroatoms. The van der Waals surface area contributed by atoms with Crippen molar-refractivity contribution in [3.8, 4) is 0 Å². The highest BCUT2D eigenvalue weighted by Crippen LogP contribution is 2.21. The van der Waals surface area contributed by atoms with Crippen LogP contribution in [0.2, 0.25) is 0 Å². The van der Waals surface area contributed by atoms with Gasteiger partial charge in [0, 0.05) is 10.5 Å². The highest BCUT2D eigenvalue weighted by Gasteiger charge is 2.09. The maximum absolute atomic E-state index is 10.3. The quantitative estimate of drug-likeness (QED) is 0.461. The molecule has 1 aromatic rings. The topological polar surface area (TPSA) is 56.0 Å². The summed E-state index contributed by atoms with van der Waals surface area (Å²) in [4.78, 5) is 13.6. The van der Waals surface area contributed by atoms with Crippen LogP contribution in [-0.2, 0) is 5.88 Å². The Morgan fingerprint density at radius 2 is 2.42 bits per heavy atom. The average molecular weight is 251 g/mol. The normalized spacial score (nSPS) is 9.83. The van der Waals surface area contributed by atoms with Crippen LogP contribution < -0.4 is 0 Å². The SMILES string of the molecule is O=[N+]([O-])c1cnc(CCl)c(Br)c1. The maximum Gasteiger partial charge on any atom is 0.288 e. The van der Waals surface area contributed by atoms with Crippen LogP contribution in [0.1, 0.15) is 5.69 Å². The van der Waals surface area contributed by atoms with E-state index in [-0.39, 0.29) is 11.6 Å². The first kappa shape index (κ1) is 9.41. The second-order valence-electron chi connectivity index (χ2n) is 2.01. The molecule has 1 heterocycles. The zero-order valence-electron chi connectivity index (χ0n) is 5.83. The second-order valence-corrected chi connectivity index (χ2v) is 3.13. The number of pyridine rings is 1. The third-order valence-corrected chi connectivity index (χ3v) is 2.18. The Morgan fingerprint density at radius 1 is 1.75 bits per heavy atom. The van der Waals surface area contributed by atoms with Crippen molar-refractivity contribution in [2.45, 2.75) is 5.88 Å². The molecule has 0 spiro atoms. The summed E-state index contributed by atoms with van der Waals surface area (Å²) in [5, 5.41) is 10.3. The number of rotatable bonds is 2. The van der Waals surface area contributed by atoms with Crippen molar-refractivity contribution in [2.75, 3.05) is 0 Å². The third kappa shape index (κ3) is 1.92. The summed E-state index contributed by atoms with van der Waals surface area (Å²) in [6.45, 7) is 0. The molecule has 0 amide bonds. The smallest absolute Gasteiger partial charge is 0.258 e. The van der Waals surface area contributed by atoms with E-state index in [1.54, 1.807) is 0 Å². The van der Waals surface area contributed by atoms with Crippen molar-refractivity contribution in [1.29, 1.82) is 0 Å². The standard InChI is InChI=1S/C6H4BrClN2O2/c7-5-1-4(10(11)12)3-9-6(5)2-8/h1,3H,2H2. The Hall–Kier alpha value is -0.680. The molecule has 0 fully saturated rings. The molecular formula is C6H4BrClN2O2. The van der Waals surface area contributed by atoms with Crippen molar-refractivity contribution < 1.29 is 4.92 Å². The third-order valence-electron chi connectivity index (χ3n) is 1.24. The summed E-state index contributed by atoms with van der Waals surface area (Å²) in [5.41, 5.74) is 0.554. The summed E-state index contributed by atoms with van der Waals surface area (Å²) in [6, 6.07) is 1.38. The monoisotopic (exact) mass is 250 g/mol. The number of aromatic nitrogens is 1. The number of alkyl halides is 1. The van der Waals surface area contributed by atoms with Gasteiger partial charge in [-0.05, 0) is 15.9 Å². The van der Waals surface area contributed by atoms with E-state index in [0.29, 0.717) is 10.2 Å². The van der Waals surface area contributed by atoms with Gasteiger partial charge in [-0.15, -0.1) is 11.6 Å². The van der Waals surface area contributed by atoms with Gasteiger partial charge in [0.1, 0.15) is 6.20 Å². The molecule has 0 bridgehead atoms. The van der Waals surface area contributed by atoms with Crippen molar-refractivity contribution in [1.82, 2.24) is 4.98 Å². The maximum atomic E-state index is 10.3. The number of hydrogen-bond acceptors (Lipinski definition) is 3. The van der Waals surface area contributed by atoms with Gasteiger partial charge in [-0.2, -0.15) is 0 Å². The average Bonchev–Trinajstić information content (AvgIpc) is 2.04. The Labute approximate surface area is 81.8 Å². The molecule has 4 nitrogen and oxygen atoms in total. The van der Waals surface area contributed by atoms with E-state index in [0.717, 1.165) is 0 Å². The van der Waals surface area contributed by atoms with Crippen LogP contribution in [-0.4, -0.2) is 9.91 Å². The first-order chi connectivity index (χ1) is 5.65. The van der Waals surface area contributed by atoms with E-state index in [9.17, 15) is 10.1 Å². The van der Waals surface area contributed by atoms with E-state index in [1.165, 1.54) is 12.3 Å². The van der Waals surface area contributed by atoms with E-state index < -0.39 is 4.92 Å². The molecule has 12 heavy (non-hydrogen) atoms. The fourth-order valence-corrected chi connectivity index (χ4v) is 1.51. The molecule has 0 atom stereocenters. The molecule has 0 aromatic carbocycles. The van der Waals surface area contributed by atoms with E-state index in [2.05, 4.69) is 20.9 Å². The Bertz CT molecular complexity index is 318. The zero-order valence-corrected chi connectivity index (χ0v) is 8.17. The molecule has 0 aliphatic heterocycles. The summed E-state index contributed by atoms with van der Waals surface area (Å²) in [5.74, 6) is 0.235. The minimum Gasteiger partial charge on any atom is -0.258 e. The number of nitrogens with zero attached hydrogens (tertiary/aromatic N) is 2. The molecule has 0 saturated carbocycles. The molecule has 0 N–H and O–H groups in total. The van der Waals surface area contributed by atoms with E-state index in [4.69, 9.17) is 11.6 Å². The van der Waals surface area contributed by atoms with Gasteiger partial charge in [0.25, 0.3) is 5.69 Å². The lowest BCUT2D eigenvalue weighted by atomic mass is 10.3. The predicted molar refractivity (Wildman–Crippen MR) is 48.1 cm³/mol. The molecule has 0 saturated heterocycles. The molecule has 1 aromatic heterocycles. The summed E-state index contributed by atoms with van der Waals surface area (Å²) in [6.07, 6.45) is 1.18. The van der Waals surface area contributed by atoms with Crippen LogP contribution in [0.5, 0.6) is 0 Å². The van der Waals surface area contributed by atoms with Crippen LogP contribution in [0.25, 0.3) is 0 Å². The highest BCUT2D eigenvalue weighted by atomic mass is 79.9. The summed E-state index contributed by atoms with van der Waals surface area (Å²) < 4.78 is 0.562. The molecular weight excluding hydrogens is 247 g/mol. The van der Waals surface area contributed by atoms with Crippen LogP contribution in [0.4, 0.5) is 5.69 Å². The second kappa shape index (κ2) is 3.82. The first-order valence-corrected chi connectivity index (χ1v) is 4.32. The van der Waals surface area contributed by atoms with Crippen LogP contribution >= 0.6 is 27.5 Å². The van der Waals surface area contributed by atoms with E-state index in [1.807, 2.05) is 0 Å². The van der Waals surface area contributed by atoms with Crippen LogP contribution in [0, 0.1) is 10.1 Å². The zero-order chi connectivity index (χ0) is 9.14. The van der Waals surface area contributed by atoms with E-state index >= 15 is 0 Å². The Kier molecular flexibility index (Phi) is 2.99. The first-order valence-electron chi connectivity index (χ1n) is 3.00. The van der Waals surface area contributed by atoms with Gasteiger partial charge in [0.15, 0.2) is 0 Å².